The lowest BCUT2D eigenvalue weighted by Gasteiger charge is -2.28. The van der Waals surface area contributed by atoms with Crippen molar-refractivity contribution in [1.82, 2.24) is 15.5 Å². The van der Waals surface area contributed by atoms with E-state index < -0.39 is 29.5 Å². The lowest BCUT2D eigenvalue weighted by Crippen LogP contribution is -2.55. The second-order valence-corrected chi connectivity index (χ2v) is 6.51. The number of amides is 3. The highest BCUT2D eigenvalue weighted by Gasteiger charge is 2.33. The minimum Gasteiger partial charge on any atom is -0.480 e. The molecule has 0 bridgehead atoms. The molecule has 0 radical (unpaired) electrons. The molecule has 1 fully saturated rings. The Kier molecular flexibility index (Phi) is 5.57. The number of urea groups is 1. The van der Waals surface area contributed by atoms with Crippen molar-refractivity contribution in [3.63, 3.8) is 0 Å². The van der Waals surface area contributed by atoms with Crippen molar-refractivity contribution in [3.8, 4) is 0 Å². The zero-order valence-electron chi connectivity index (χ0n) is 13.1. The predicted molar refractivity (Wildman–Crippen MR) is 77.8 cm³/mol. The predicted octanol–water partition coefficient (Wildman–Crippen LogP) is 0.796. The average Bonchev–Trinajstić information content (AvgIpc) is 2.86. The third-order valence-electron chi connectivity index (χ3n) is 3.52. The van der Waals surface area contributed by atoms with Crippen LogP contribution in [0.2, 0.25) is 0 Å². The van der Waals surface area contributed by atoms with Gasteiger partial charge in [-0.25, -0.2) is 9.59 Å². The lowest BCUT2D eigenvalue weighted by atomic mass is 9.87. The largest absolute Gasteiger partial charge is 0.480 e. The Balaban J connectivity index is 2.55. The molecule has 7 heteroatoms. The summed E-state index contributed by atoms with van der Waals surface area (Å²) >= 11 is 0. The first-order valence-corrected chi connectivity index (χ1v) is 7.21. The normalized spacial score (nSPS) is 18.0. The summed E-state index contributed by atoms with van der Waals surface area (Å²) in [5, 5.41) is 14.1. The van der Waals surface area contributed by atoms with Gasteiger partial charge in [-0.15, -0.1) is 0 Å². The Morgan fingerprint density at radius 1 is 1.10 bits per heavy atom. The molecule has 0 aromatic rings. The fraction of sp³-hybridized carbons (Fsp3) is 0.786. The van der Waals surface area contributed by atoms with Crippen LogP contribution in [0.25, 0.3) is 0 Å². The van der Waals surface area contributed by atoms with E-state index in [1.165, 1.54) is 0 Å². The number of carboxylic acids is 1. The number of rotatable bonds is 4. The van der Waals surface area contributed by atoms with Gasteiger partial charge in [-0.2, -0.15) is 0 Å². The summed E-state index contributed by atoms with van der Waals surface area (Å²) in [6.07, 6.45) is 1.96. The average molecular weight is 299 g/mol. The van der Waals surface area contributed by atoms with E-state index >= 15 is 0 Å². The molecule has 120 valence electrons. The zero-order valence-corrected chi connectivity index (χ0v) is 13.1. The Morgan fingerprint density at radius 2 is 1.62 bits per heavy atom. The number of aliphatic carboxylic acids is 1. The molecular formula is C14H25N3O4. The standard InChI is InChI=1S/C14H25N3O4/c1-9(11(18)17-7-5-6-8-17)15-13(21)16-10(12(19)20)14(2,3)4/h9-10H,5-8H2,1-4H3,(H,19,20)(H2,15,16,21). The van der Waals surface area contributed by atoms with Crippen LogP contribution in [0, 0.1) is 5.41 Å². The Labute approximate surface area is 125 Å². The Bertz CT molecular complexity index is 411. The maximum absolute atomic E-state index is 12.1. The van der Waals surface area contributed by atoms with Crippen LogP contribution in [0.4, 0.5) is 4.79 Å². The third-order valence-corrected chi connectivity index (χ3v) is 3.52. The first-order valence-electron chi connectivity index (χ1n) is 7.21. The molecule has 7 nitrogen and oxygen atoms in total. The maximum atomic E-state index is 12.1. The van der Waals surface area contributed by atoms with Crippen LogP contribution in [0.5, 0.6) is 0 Å². The highest BCUT2D eigenvalue weighted by atomic mass is 16.4. The van der Waals surface area contributed by atoms with Gasteiger partial charge < -0.3 is 20.6 Å². The van der Waals surface area contributed by atoms with E-state index in [2.05, 4.69) is 10.6 Å². The number of hydrogen-bond donors (Lipinski definition) is 3. The highest BCUT2D eigenvalue weighted by Crippen LogP contribution is 2.19. The molecule has 0 aromatic carbocycles. The van der Waals surface area contributed by atoms with Crippen LogP contribution in [-0.4, -0.2) is 53.1 Å². The number of carboxylic acid groups (broad SMARTS) is 1. The van der Waals surface area contributed by atoms with Gasteiger partial charge in [-0.05, 0) is 25.2 Å². The van der Waals surface area contributed by atoms with E-state index in [0.717, 1.165) is 12.8 Å². The van der Waals surface area contributed by atoms with Gasteiger partial charge >= 0.3 is 12.0 Å². The molecule has 2 unspecified atom stereocenters. The van der Waals surface area contributed by atoms with Crippen molar-refractivity contribution in [2.75, 3.05) is 13.1 Å². The minimum atomic E-state index is -1.10. The van der Waals surface area contributed by atoms with Crippen molar-refractivity contribution < 1.29 is 19.5 Å². The molecule has 0 saturated carbocycles. The summed E-state index contributed by atoms with van der Waals surface area (Å²) in [5.41, 5.74) is -0.620. The molecule has 21 heavy (non-hydrogen) atoms. The molecule has 1 aliphatic rings. The van der Waals surface area contributed by atoms with Crippen LogP contribution >= 0.6 is 0 Å². The van der Waals surface area contributed by atoms with Crippen LogP contribution in [0.1, 0.15) is 40.5 Å². The Morgan fingerprint density at radius 3 is 2.05 bits per heavy atom. The smallest absolute Gasteiger partial charge is 0.326 e. The van der Waals surface area contributed by atoms with Gasteiger partial charge in [0.05, 0.1) is 0 Å². The Hall–Kier alpha value is -1.79. The number of carbonyl (C=O) groups excluding carboxylic acids is 2. The van der Waals surface area contributed by atoms with E-state index in [9.17, 15) is 14.4 Å². The molecule has 1 saturated heterocycles. The van der Waals surface area contributed by atoms with Crippen LogP contribution in [0.15, 0.2) is 0 Å². The second kappa shape index (κ2) is 6.78. The number of nitrogens with zero attached hydrogens (tertiary/aromatic N) is 1. The molecular weight excluding hydrogens is 274 g/mol. The maximum Gasteiger partial charge on any atom is 0.326 e. The number of carbonyl (C=O) groups is 3. The lowest BCUT2D eigenvalue weighted by molar-refractivity contribution is -0.141. The summed E-state index contributed by atoms with van der Waals surface area (Å²) in [4.78, 5) is 36.8. The van der Waals surface area contributed by atoms with Crippen LogP contribution in [0.3, 0.4) is 0 Å². The zero-order chi connectivity index (χ0) is 16.2. The van der Waals surface area contributed by atoms with Crippen LogP contribution < -0.4 is 10.6 Å². The third kappa shape index (κ3) is 4.91. The number of hydrogen-bond acceptors (Lipinski definition) is 3. The first-order chi connectivity index (χ1) is 9.62. The van der Waals surface area contributed by atoms with E-state index in [1.807, 2.05) is 0 Å². The van der Waals surface area contributed by atoms with E-state index in [0.29, 0.717) is 13.1 Å². The van der Waals surface area contributed by atoms with Gasteiger partial charge in [-0.3, -0.25) is 4.79 Å². The topological polar surface area (TPSA) is 98.7 Å². The number of likely N-dealkylation sites (tertiary alicyclic amines) is 1. The fourth-order valence-electron chi connectivity index (χ4n) is 2.29. The summed E-state index contributed by atoms with van der Waals surface area (Å²) < 4.78 is 0. The minimum absolute atomic E-state index is 0.134. The van der Waals surface area contributed by atoms with E-state index in [4.69, 9.17) is 5.11 Å². The first kappa shape index (κ1) is 17.3. The van der Waals surface area contributed by atoms with Crippen LogP contribution in [-0.2, 0) is 9.59 Å². The monoisotopic (exact) mass is 299 g/mol. The van der Waals surface area contributed by atoms with E-state index in [1.54, 1.807) is 32.6 Å². The summed E-state index contributed by atoms with van der Waals surface area (Å²) in [7, 11) is 0. The molecule has 0 aromatic heterocycles. The molecule has 3 N–H and O–H groups in total. The van der Waals surface area contributed by atoms with Crippen molar-refractivity contribution in [2.24, 2.45) is 5.41 Å². The quantitative estimate of drug-likeness (QED) is 0.715. The van der Waals surface area contributed by atoms with Crippen molar-refractivity contribution in [2.45, 2.75) is 52.6 Å². The van der Waals surface area contributed by atoms with Gasteiger partial charge in [0.15, 0.2) is 0 Å². The molecule has 1 heterocycles. The second-order valence-electron chi connectivity index (χ2n) is 6.51. The van der Waals surface area contributed by atoms with Gasteiger partial charge in [0.25, 0.3) is 0 Å². The van der Waals surface area contributed by atoms with Gasteiger partial charge in [-0.1, -0.05) is 20.8 Å². The molecule has 1 aliphatic heterocycles. The fourth-order valence-corrected chi connectivity index (χ4v) is 2.29. The van der Waals surface area contributed by atoms with Crippen molar-refractivity contribution in [1.29, 1.82) is 0 Å². The summed E-state index contributed by atoms with van der Waals surface area (Å²) in [6, 6.07) is -2.33. The van der Waals surface area contributed by atoms with Crippen molar-refractivity contribution >= 4 is 17.9 Å². The molecule has 3 amide bonds. The summed E-state index contributed by atoms with van der Waals surface area (Å²) in [5.74, 6) is -1.23. The van der Waals surface area contributed by atoms with Gasteiger partial charge in [0.1, 0.15) is 12.1 Å². The van der Waals surface area contributed by atoms with Gasteiger partial charge in [0, 0.05) is 13.1 Å². The molecule has 1 rings (SSSR count). The SMILES string of the molecule is CC(NC(=O)NC(C(=O)O)C(C)(C)C)C(=O)N1CCCC1. The van der Waals surface area contributed by atoms with Crippen molar-refractivity contribution in [3.05, 3.63) is 0 Å². The molecule has 0 aliphatic carbocycles. The summed E-state index contributed by atoms with van der Waals surface area (Å²) in [6.45, 7) is 8.21. The molecule has 0 spiro atoms. The molecule has 2 atom stereocenters. The van der Waals surface area contributed by atoms with E-state index in [-0.39, 0.29) is 5.91 Å². The van der Waals surface area contributed by atoms with Gasteiger partial charge in [0.2, 0.25) is 5.91 Å². The number of nitrogens with one attached hydrogen (secondary N) is 2. The highest BCUT2D eigenvalue weighted by molar-refractivity contribution is 5.88.